The third kappa shape index (κ3) is 2.32. The van der Waals surface area contributed by atoms with Crippen LogP contribution in [-0.4, -0.2) is 27.5 Å². The number of hydrazone groups is 1. The van der Waals surface area contributed by atoms with Gasteiger partial charge in [0.15, 0.2) is 11.2 Å². The first kappa shape index (κ1) is 14.6. The van der Waals surface area contributed by atoms with Crippen molar-refractivity contribution >= 4 is 28.5 Å². The Morgan fingerprint density at radius 2 is 2.17 bits per heavy atom. The van der Waals surface area contributed by atoms with E-state index in [2.05, 4.69) is 23.3 Å². The average Bonchev–Trinajstić information content (AvgIpc) is 3.02. The molecule has 1 fully saturated rings. The summed E-state index contributed by atoms with van der Waals surface area (Å²) in [6.07, 6.45) is 6.15. The Bertz CT molecular complexity index is 681. The van der Waals surface area contributed by atoms with Crippen molar-refractivity contribution in [2.45, 2.75) is 37.4 Å². The van der Waals surface area contributed by atoms with Crippen molar-refractivity contribution in [1.29, 1.82) is 0 Å². The lowest BCUT2D eigenvalue weighted by atomic mass is 9.93. The number of thioether (sulfide) groups is 1. The van der Waals surface area contributed by atoms with E-state index in [4.69, 9.17) is 5.10 Å². The van der Waals surface area contributed by atoms with Crippen molar-refractivity contribution < 1.29 is 4.79 Å². The summed E-state index contributed by atoms with van der Waals surface area (Å²) in [5.41, 5.74) is 1.82. The number of amidine groups is 1. The number of nitrogens with one attached hydrogen (secondary N) is 2. The number of benzene rings is 1. The normalized spacial score (nSPS) is 24.3. The van der Waals surface area contributed by atoms with E-state index in [0.29, 0.717) is 5.17 Å². The van der Waals surface area contributed by atoms with Gasteiger partial charge < -0.3 is 10.6 Å². The molecule has 0 radical (unpaired) electrons. The zero-order valence-corrected chi connectivity index (χ0v) is 13.7. The molecule has 3 aliphatic rings. The number of nitrogens with zero attached hydrogens (tertiary/aromatic N) is 2. The van der Waals surface area contributed by atoms with E-state index in [1.54, 1.807) is 0 Å². The summed E-state index contributed by atoms with van der Waals surface area (Å²) in [6, 6.07) is 7.72. The Hall–Kier alpha value is -1.95. The zero-order valence-electron chi connectivity index (χ0n) is 12.9. The van der Waals surface area contributed by atoms with Crippen LogP contribution in [0.5, 0.6) is 0 Å². The van der Waals surface area contributed by atoms with Gasteiger partial charge >= 0.3 is 0 Å². The molecule has 4 rings (SSSR count). The molecule has 2 N–H and O–H groups in total. The molecule has 2 aliphatic heterocycles. The van der Waals surface area contributed by atoms with Gasteiger partial charge in [-0.25, -0.2) is 0 Å². The minimum absolute atomic E-state index is 0.00628. The molecular formula is C17H20N4OS. The number of amides is 1. The van der Waals surface area contributed by atoms with Crippen LogP contribution >= 0.6 is 11.8 Å². The Balaban J connectivity index is 1.79. The van der Waals surface area contributed by atoms with Crippen molar-refractivity contribution in [2.24, 2.45) is 5.10 Å². The molecule has 1 spiro atoms. The highest BCUT2D eigenvalue weighted by Gasteiger charge is 2.51. The zero-order chi connectivity index (χ0) is 15.9. The number of carbonyl (C=O) groups is 1. The smallest absolute Gasteiger partial charge is 0.255 e. The van der Waals surface area contributed by atoms with Crippen LogP contribution < -0.4 is 10.6 Å². The van der Waals surface area contributed by atoms with Crippen LogP contribution in [0.15, 0.2) is 42.0 Å². The standard InChI is InChI=1S/C17H20N4OS/c1-2-11-23-16-18-15(22)14-12-7-3-4-8-13(12)19-17(21(14)20-16)9-5-6-10-17/h2-4,7-8,14,19H,1,5-6,9-11H2,(H,18,20,22)/t14-/m0/s1. The van der Waals surface area contributed by atoms with Gasteiger partial charge in [-0.1, -0.05) is 36.0 Å². The monoisotopic (exact) mass is 328 g/mol. The van der Waals surface area contributed by atoms with Gasteiger partial charge in [0.25, 0.3) is 5.91 Å². The molecule has 1 atom stereocenters. The lowest BCUT2D eigenvalue weighted by molar-refractivity contribution is -0.129. The Kier molecular flexibility index (Phi) is 3.56. The van der Waals surface area contributed by atoms with Crippen LogP contribution in [0, 0.1) is 0 Å². The topological polar surface area (TPSA) is 56.7 Å². The maximum atomic E-state index is 12.8. The maximum Gasteiger partial charge on any atom is 0.255 e. The summed E-state index contributed by atoms with van der Waals surface area (Å²) in [5.74, 6) is 0.737. The van der Waals surface area contributed by atoms with E-state index in [0.717, 1.165) is 42.7 Å². The lowest BCUT2D eigenvalue weighted by Crippen LogP contribution is -2.60. The van der Waals surface area contributed by atoms with Gasteiger partial charge in [-0.3, -0.25) is 9.80 Å². The molecule has 0 unspecified atom stereocenters. The van der Waals surface area contributed by atoms with E-state index >= 15 is 0 Å². The maximum absolute atomic E-state index is 12.8. The van der Waals surface area contributed by atoms with Crippen LogP contribution in [0.4, 0.5) is 5.69 Å². The first-order valence-corrected chi connectivity index (χ1v) is 9.02. The number of hydrogen-bond donors (Lipinski definition) is 2. The molecule has 23 heavy (non-hydrogen) atoms. The number of anilines is 1. The molecular weight excluding hydrogens is 308 g/mol. The summed E-state index contributed by atoms with van der Waals surface area (Å²) >= 11 is 1.51. The summed E-state index contributed by atoms with van der Waals surface area (Å²) in [6.45, 7) is 3.73. The van der Waals surface area contributed by atoms with Gasteiger partial charge in [-0.2, -0.15) is 0 Å². The molecule has 1 aromatic rings. The molecule has 5 nitrogen and oxygen atoms in total. The van der Waals surface area contributed by atoms with Crippen LogP contribution in [0.25, 0.3) is 0 Å². The summed E-state index contributed by atoms with van der Waals surface area (Å²) in [5, 5.41) is 14.1. The SMILES string of the molecule is C=CCSC1=NN2[C@H](C(=O)N1)c1ccccc1NC21CCCC1. The van der Waals surface area contributed by atoms with Gasteiger partial charge in [0.1, 0.15) is 5.66 Å². The highest BCUT2D eigenvalue weighted by atomic mass is 32.2. The van der Waals surface area contributed by atoms with Gasteiger partial charge in [0.2, 0.25) is 0 Å². The van der Waals surface area contributed by atoms with Crippen molar-refractivity contribution in [3.8, 4) is 0 Å². The van der Waals surface area contributed by atoms with E-state index in [-0.39, 0.29) is 17.6 Å². The largest absolute Gasteiger partial charge is 0.361 e. The van der Waals surface area contributed by atoms with Crippen molar-refractivity contribution in [3.05, 3.63) is 42.5 Å². The second-order valence-corrected chi connectivity index (χ2v) is 7.20. The Labute approximate surface area is 140 Å². The fourth-order valence-corrected chi connectivity index (χ4v) is 4.35. The van der Waals surface area contributed by atoms with Crippen LogP contribution in [0.1, 0.15) is 37.3 Å². The van der Waals surface area contributed by atoms with Gasteiger partial charge in [0, 0.05) is 17.0 Å². The second kappa shape index (κ2) is 5.60. The highest BCUT2D eigenvalue weighted by Crippen LogP contribution is 2.47. The van der Waals surface area contributed by atoms with E-state index < -0.39 is 0 Å². The Morgan fingerprint density at radius 3 is 2.96 bits per heavy atom. The van der Waals surface area contributed by atoms with Gasteiger partial charge in [0.05, 0.1) is 0 Å². The first-order valence-electron chi connectivity index (χ1n) is 8.03. The summed E-state index contributed by atoms with van der Waals surface area (Å²) in [4.78, 5) is 12.8. The molecule has 1 amide bonds. The molecule has 0 bridgehead atoms. The lowest BCUT2D eigenvalue weighted by Gasteiger charge is -2.50. The van der Waals surface area contributed by atoms with E-state index in [1.165, 1.54) is 11.8 Å². The van der Waals surface area contributed by atoms with Crippen LogP contribution in [0.2, 0.25) is 0 Å². The fraction of sp³-hybridized carbons (Fsp3) is 0.412. The van der Waals surface area contributed by atoms with Crippen LogP contribution in [-0.2, 0) is 4.79 Å². The predicted octanol–water partition coefficient (Wildman–Crippen LogP) is 3.05. The van der Waals surface area contributed by atoms with Crippen molar-refractivity contribution in [1.82, 2.24) is 10.3 Å². The quantitative estimate of drug-likeness (QED) is 0.819. The minimum atomic E-state index is -0.348. The molecule has 1 aromatic carbocycles. The number of hydrogen-bond acceptors (Lipinski definition) is 5. The predicted molar refractivity (Wildman–Crippen MR) is 94.1 cm³/mol. The van der Waals surface area contributed by atoms with Crippen LogP contribution in [0.3, 0.4) is 0 Å². The third-order valence-corrected chi connectivity index (χ3v) is 5.61. The number of carbonyl (C=O) groups excluding carboxylic acids is 1. The first-order chi connectivity index (χ1) is 11.2. The molecule has 0 saturated heterocycles. The summed E-state index contributed by atoms with van der Waals surface area (Å²) in [7, 11) is 0. The molecule has 1 aliphatic carbocycles. The number of fused-ring (bicyclic) bond motifs is 4. The average molecular weight is 328 g/mol. The Morgan fingerprint density at radius 1 is 1.39 bits per heavy atom. The molecule has 6 heteroatoms. The second-order valence-electron chi connectivity index (χ2n) is 6.19. The highest BCUT2D eigenvalue weighted by molar-refractivity contribution is 8.14. The summed E-state index contributed by atoms with van der Waals surface area (Å²) < 4.78 is 0. The van der Waals surface area contributed by atoms with Gasteiger partial charge in [-0.15, -0.1) is 11.7 Å². The molecule has 0 aromatic heterocycles. The number of rotatable bonds is 2. The fourth-order valence-electron chi connectivity index (χ4n) is 3.76. The molecule has 1 saturated carbocycles. The van der Waals surface area contributed by atoms with Crippen molar-refractivity contribution in [3.63, 3.8) is 0 Å². The third-order valence-electron chi connectivity index (χ3n) is 4.75. The molecule has 120 valence electrons. The number of para-hydroxylation sites is 1. The van der Waals surface area contributed by atoms with E-state index in [9.17, 15) is 4.79 Å². The van der Waals surface area contributed by atoms with E-state index in [1.807, 2.05) is 29.3 Å². The molecule has 2 heterocycles. The van der Waals surface area contributed by atoms with Gasteiger partial charge in [-0.05, 0) is 31.7 Å². The minimum Gasteiger partial charge on any atom is -0.361 e. The van der Waals surface area contributed by atoms with Crippen molar-refractivity contribution in [2.75, 3.05) is 11.1 Å².